The Labute approximate surface area is 106 Å². The molecule has 88 valence electrons. The minimum Gasteiger partial charge on any atom is -0.325 e. The van der Waals surface area contributed by atoms with Crippen molar-refractivity contribution in [2.24, 2.45) is 5.73 Å². The Morgan fingerprint density at radius 1 is 0.889 bits per heavy atom. The summed E-state index contributed by atoms with van der Waals surface area (Å²) < 4.78 is 0. The number of benzene rings is 2. The molecular weight excluding hydrogens is 220 g/mol. The standard InChI is InChI=1S/C16H14N2/c17-11-14-10-13-8-4-5-9-15(13)16(18-14)12-6-2-1-3-7-12/h1-10H,11,17H2. The first-order chi connectivity index (χ1) is 8.88. The van der Waals surface area contributed by atoms with Gasteiger partial charge in [0.25, 0.3) is 0 Å². The quantitative estimate of drug-likeness (QED) is 0.738. The molecule has 0 fully saturated rings. The van der Waals surface area contributed by atoms with E-state index in [1.807, 2.05) is 30.3 Å². The minimum absolute atomic E-state index is 0.463. The highest BCUT2D eigenvalue weighted by Crippen LogP contribution is 2.27. The summed E-state index contributed by atoms with van der Waals surface area (Å²) >= 11 is 0. The molecule has 0 aliphatic rings. The van der Waals surface area contributed by atoms with Crippen molar-refractivity contribution in [3.63, 3.8) is 0 Å². The van der Waals surface area contributed by atoms with Crippen LogP contribution in [0.3, 0.4) is 0 Å². The normalized spacial score (nSPS) is 10.7. The monoisotopic (exact) mass is 234 g/mol. The number of hydrogen-bond acceptors (Lipinski definition) is 2. The van der Waals surface area contributed by atoms with Crippen LogP contribution in [-0.4, -0.2) is 4.98 Å². The van der Waals surface area contributed by atoms with Crippen molar-refractivity contribution in [2.75, 3.05) is 0 Å². The summed E-state index contributed by atoms with van der Waals surface area (Å²) in [5, 5.41) is 2.35. The SMILES string of the molecule is NCc1cc2ccccc2c(-c2ccccc2)n1. The fourth-order valence-corrected chi connectivity index (χ4v) is 2.17. The lowest BCUT2D eigenvalue weighted by atomic mass is 10.0. The highest BCUT2D eigenvalue weighted by Gasteiger charge is 2.06. The minimum atomic E-state index is 0.463. The van der Waals surface area contributed by atoms with Crippen LogP contribution in [0.5, 0.6) is 0 Å². The van der Waals surface area contributed by atoms with E-state index in [1.165, 1.54) is 10.8 Å². The smallest absolute Gasteiger partial charge is 0.0784 e. The van der Waals surface area contributed by atoms with E-state index in [9.17, 15) is 0 Å². The van der Waals surface area contributed by atoms with Gasteiger partial charge in [-0.25, -0.2) is 0 Å². The van der Waals surface area contributed by atoms with Crippen molar-refractivity contribution in [1.29, 1.82) is 0 Å². The number of rotatable bonds is 2. The second kappa shape index (κ2) is 4.59. The summed E-state index contributed by atoms with van der Waals surface area (Å²) in [5.41, 5.74) is 8.79. The third kappa shape index (κ3) is 1.87. The maximum atomic E-state index is 5.73. The van der Waals surface area contributed by atoms with Gasteiger partial charge in [0, 0.05) is 17.5 Å². The van der Waals surface area contributed by atoms with Gasteiger partial charge in [0.05, 0.1) is 11.4 Å². The average molecular weight is 234 g/mol. The average Bonchev–Trinajstić information content (AvgIpc) is 2.47. The molecule has 1 aromatic heterocycles. The van der Waals surface area contributed by atoms with Gasteiger partial charge in [0.15, 0.2) is 0 Å². The molecule has 2 heteroatoms. The van der Waals surface area contributed by atoms with Gasteiger partial charge in [-0.3, -0.25) is 4.98 Å². The number of pyridine rings is 1. The molecule has 0 radical (unpaired) electrons. The summed E-state index contributed by atoms with van der Waals surface area (Å²) in [6.45, 7) is 0.463. The zero-order valence-electron chi connectivity index (χ0n) is 10.0. The first-order valence-corrected chi connectivity index (χ1v) is 6.02. The van der Waals surface area contributed by atoms with E-state index >= 15 is 0 Å². The van der Waals surface area contributed by atoms with E-state index < -0.39 is 0 Å². The van der Waals surface area contributed by atoms with Crippen LogP contribution in [0.4, 0.5) is 0 Å². The molecule has 3 rings (SSSR count). The van der Waals surface area contributed by atoms with E-state index in [0.717, 1.165) is 17.0 Å². The Hall–Kier alpha value is -2.19. The molecule has 0 spiro atoms. The first-order valence-electron chi connectivity index (χ1n) is 6.02. The predicted octanol–water partition coefficient (Wildman–Crippen LogP) is 3.36. The van der Waals surface area contributed by atoms with Gasteiger partial charge in [-0.2, -0.15) is 0 Å². The van der Waals surface area contributed by atoms with E-state index in [4.69, 9.17) is 5.73 Å². The lowest BCUT2D eigenvalue weighted by Gasteiger charge is -2.08. The second-order valence-electron chi connectivity index (χ2n) is 4.25. The Bertz CT molecular complexity index is 675. The fraction of sp³-hybridized carbons (Fsp3) is 0.0625. The molecule has 1 heterocycles. The molecular formula is C16H14N2. The van der Waals surface area contributed by atoms with Crippen LogP contribution in [0.2, 0.25) is 0 Å². The number of aromatic nitrogens is 1. The summed E-state index contributed by atoms with van der Waals surface area (Å²) in [6, 6.07) is 20.6. The van der Waals surface area contributed by atoms with Crippen molar-refractivity contribution in [3.05, 3.63) is 66.4 Å². The summed E-state index contributed by atoms with van der Waals surface area (Å²) in [5.74, 6) is 0. The third-order valence-electron chi connectivity index (χ3n) is 3.05. The van der Waals surface area contributed by atoms with Crippen molar-refractivity contribution >= 4 is 10.8 Å². The zero-order valence-corrected chi connectivity index (χ0v) is 10.0. The number of fused-ring (bicyclic) bond motifs is 1. The predicted molar refractivity (Wildman–Crippen MR) is 75.1 cm³/mol. The molecule has 2 nitrogen and oxygen atoms in total. The Kier molecular flexibility index (Phi) is 2.79. The van der Waals surface area contributed by atoms with E-state index in [1.54, 1.807) is 0 Å². The van der Waals surface area contributed by atoms with Gasteiger partial charge in [-0.05, 0) is 11.5 Å². The number of hydrogen-bond donors (Lipinski definition) is 1. The molecule has 0 bridgehead atoms. The van der Waals surface area contributed by atoms with Crippen LogP contribution in [0.25, 0.3) is 22.0 Å². The van der Waals surface area contributed by atoms with Crippen LogP contribution in [0, 0.1) is 0 Å². The number of nitrogens with two attached hydrogens (primary N) is 1. The van der Waals surface area contributed by atoms with Crippen molar-refractivity contribution in [1.82, 2.24) is 4.98 Å². The number of nitrogens with zero attached hydrogens (tertiary/aromatic N) is 1. The van der Waals surface area contributed by atoms with Crippen LogP contribution in [-0.2, 0) is 6.54 Å². The van der Waals surface area contributed by atoms with Crippen molar-refractivity contribution in [3.8, 4) is 11.3 Å². The van der Waals surface area contributed by atoms with Gasteiger partial charge in [0.1, 0.15) is 0 Å². The maximum Gasteiger partial charge on any atom is 0.0784 e. The fourth-order valence-electron chi connectivity index (χ4n) is 2.17. The van der Waals surface area contributed by atoms with E-state index in [0.29, 0.717) is 6.54 Å². The topological polar surface area (TPSA) is 38.9 Å². The molecule has 2 N–H and O–H groups in total. The molecule has 0 aliphatic heterocycles. The first kappa shape index (κ1) is 10.9. The zero-order chi connectivity index (χ0) is 12.4. The molecule has 0 atom stereocenters. The highest BCUT2D eigenvalue weighted by molar-refractivity contribution is 5.94. The Morgan fingerprint density at radius 2 is 1.61 bits per heavy atom. The highest BCUT2D eigenvalue weighted by atomic mass is 14.7. The van der Waals surface area contributed by atoms with Crippen molar-refractivity contribution < 1.29 is 0 Å². The molecule has 3 aromatic rings. The van der Waals surface area contributed by atoms with Crippen LogP contribution >= 0.6 is 0 Å². The maximum absolute atomic E-state index is 5.73. The van der Waals surface area contributed by atoms with Crippen LogP contribution < -0.4 is 5.73 Å². The molecule has 0 saturated heterocycles. The lowest BCUT2D eigenvalue weighted by Crippen LogP contribution is -2.01. The van der Waals surface area contributed by atoms with E-state index in [-0.39, 0.29) is 0 Å². The summed E-state index contributed by atoms with van der Waals surface area (Å²) in [4.78, 5) is 4.66. The van der Waals surface area contributed by atoms with Crippen LogP contribution in [0.15, 0.2) is 60.7 Å². The largest absolute Gasteiger partial charge is 0.325 e. The summed E-state index contributed by atoms with van der Waals surface area (Å²) in [7, 11) is 0. The van der Waals surface area contributed by atoms with Gasteiger partial charge in [0.2, 0.25) is 0 Å². The van der Waals surface area contributed by atoms with Gasteiger partial charge in [-0.1, -0.05) is 54.6 Å². The molecule has 2 aromatic carbocycles. The molecule has 0 saturated carbocycles. The molecule has 0 unspecified atom stereocenters. The molecule has 0 aliphatic carbocycles. The van der Waals surface area contributed by atoms with Gasteiger partial charge >= 0.3 is 0 Å². The molecule has 18 heavy (non-hydrogen) atoms. The van der Waals surface area contributed by atoms with Crippen molar-refractivity contribution in [2.45, 2.75) is 6.54 Å². The van der Waals surface area contributed by atoms with Gasteiger partial charge < -0.3 is 5.73 Å². The van der Waals surface area contributed by atoms with Gasteiger partial charge in [-0.15, -0.1) is 0 Å². The Morgan fingerprint density at radius 3 is 2.39 bits per heavy atom. The summed E-state index contributed by atoms with van der Waals surface area (Å²) in [6.07, 6.45) is 0. The third-order valence-corrected chi connectivity index (χ3v) is 3.05. The second-order valence-corrected chi connectivity index (χ2v) is 4.25. The van der Waals surface area contributed by atoms with E-state index in [2.05, 4.69) is 35.3 Å². The molecule has 0 amide bonds. The lowest BCUT2D eigenvalue weighted by molar-refractivity contribution is 1.00. The van der Waals surface area contributed by atoms with Crippen LogP contribution in [0.1, 0.15) is 5.69 Å². The Balaban J connectivity index is 2.33.